The molecule has 0 spiro atoms. The molecule has 164 valence electrons. The molecule has 6 nitrogen and oxygen atoms in total. The number of rotatable bonds is 11. The van der Waals surface area contributed by atoms with Gasteiger partial charge in [0.1, 0.15) is 0 Å². The fourth-order valence-electron chi connectivity index (χ4n) is 2.88. The van der Waals surface area contributed by atoms with E-state index in [1.165, 1.54) is 0 Å². The third-order valence-corrected chi connectivity index (χ3v) is 5.56. The summed E-state index contributed by atoms with van der Waals surface area (Å²) in [6.07, 6.45) is 3.57. The number of hydrogen-bond acceptors (Lipinski definition) is 6. The SMILES string of the molecule is CCCc1nnc(SCc2ccc(Cl)cc2)n1/N=C/c1ccc(OCC)c(OCC)c1. The predicted octanol–water partition coefficient (Wildman–Crippen LogP) is 5.86. The van der Waals surface area contributed by atoms with Crippen LogP contribution in [0, 0.1) is 0 Å². The van der Waals surface area contributed by atoms with Crippen LogP contribution in [0.4, 0.5) is 0 Å². The highest BCUT2D eigenvalue weighted by molar-refractivity contribution is 7.98. The lowest BCUT2D eigenvalue weighted by Gasteiger charge is -2.11. The van der Waals surface area contributed by atoms with Crippen LogP contribution in [0.5, 0.6) is 11.5 Å². The van der Waals surface area contributed by atoms with E-state index in [1.54, 1.807) is 18.0 Å². The Balaban J connectivity index is 1.82. The van der Waals surface area contributed by atoms with Crippen LogP contribution >= 0.6 is 23.4 Å². The van der Waals surface area contributed by atoms with Crippen LogP contribution in [-0.2, 0) is 12.2 Å². The number of ether oxygens (including phenoxy) is 2. The van der Waals surface area contributed by atoms with Crippen LogP contribution in [0.25, 0.3) is 0 Å². The molecule has 0 aliphatic carbocycles. The topological polar surface area (TPSA) is 61.5 Å². The zero-order chi connectivity index (χ0) is 22.1. The molecule has 0 saturated carbocycles. The third kappa shape index (κ3) is 6.48. The normalized spacial score (nSPS) is 11.2. The van der Waals surface area contributed by atoms with Crippen LogP contribution in [0.1, 0.15) is 44.1 Å². The molecule has 0 N–H and O–H groups in total. The lowest BCUT2D eigenvalue weighted by Crippen LogP contribution is -2.01. The molecule has 0 amide bonds. The van der Waals surface area contributed by atoms with Crippen LogP contribution in [0.15, 0.2) is 52.7 Å². The Hall–Kier alpha value is -2.51. The number of thioether (sulfide) groups is 1. The number of hydrogen-bond donors (Lipinski definition) is 0. The molecule has 3 aromatic rings. The molecule has 0 aliphatic rings. The van der Waals surface area contributed by atoms with E-state index >= 15 is 0 Å². The number of aromatic nitrogens is 3. The van der Waals surface area contributed by atoms with Gasteiger partial charge < -0.3 is 9.47 Å². The van der Waals surface area contributed by atoms with Crippen LogP contribution in [0.2, 0.25) is 5.02 Å². The molecular weight excluding hydrogens is 432 g/mol. The van der Waals surface area contributed by atoms with Gasteiger partial charge in [-0.1, -0.05) is 42.4 Å². The second-order valence-corrected chi connectivity index (χ2v) is 8.07. The van der Waals surface area contributed by atoms with E-state index in [2.05, 4.69) is 22.2 Å². The zero-order valence-corrected chi connectivity index (χ0v) is 19.6. The third-order valence-electron chi connectivity index (χ3n) is 4.32. The van der Waals surface area contributed by atoms with E-state index in [-0.39, 0.29) is 0 Å². The average molecular weight is 459 g/mol. The fraction of sp³-hybridized carbons (Fsp3) is 0.348. The molecule has 0 fully saturated rings. The molecule has 3 rings (SSSR count). The Labute approximate surface area is 192 Å². The summed E-state index contributed by atoms with van der Waals surface area (Å²) < 4.78 is 13.2. The molecular formula is C23H27ClN4O2S. The quantitative estimate of drug-likeness (QED) is 0.266. The van der Waals surface area contributed by atoms with Gasteiger partial charge in [-0.25, -0.2) is 0 Å². The Bertz CT molecular complexity index is 1010. The van der Waals surface area contributed by atoms with Gasteiger partial charge in [-0.2, -0.15) is 9.78 Å². The minimum atomic E-state index is 0.568. The van der Waals surface area contributed by atoms with Crippen molar-refractivity contribution in [3.05, 3.63) is 64.4 Å². The summed E-state index contributed by atoms with van der Waals surface area (Å²) >= 11 is 7.58. The van der Waals surface area contributed by atoms with Crippen molar-refractivity contribution in [2.45, 2.75) is 44.5 Å². The van der Waals surface area contributed by atoms with Gasteiger partial charge in [0, 0.05) is 17.2 Å². The van der Waals surface area contributed by atoms with Crippen LogP contribution < -0.4 is 9.47 Å². The highest BCUT2D eigenvalue weighted by Gasteiger charge is 2.12. The minimum absolute atomic E-state index is 0.568. The fourth-order valence-corrected chi connectivity index (χ4v) is 3.87. The molecule has 31 heavy (non-hydrogen) atoms. The molecule has 8 heteroatoms. The molecule has 0 unspecified atom stereocenters. The number of halogens is 1. The van der Waals surface area contributed by atoms with Gasteiger partial charge >= 0.3 is 0 Å². The number of benzene rings is 2. The second kappa shape index (κ2) is 11.8. The van der Waals surface area contributed by atoms with E-state index < -0.39 is 0 Å². The Morgan fingerprint density at radius 2 is 1.74 bits per heavy atom. The van der Waals surface area contributed by atoms with Gasteiger partial charge in [-0.15, -0.1) is 10.2 Å². The molecule has 0 bridgehead atoms. The van der Waals surface area contributed by atoms with Gasteiger partial charge in [-0.05, 0) is 61.7 Å². The van der Waals surface area contributed by atoms with Gasteiger partial charge in [-0.3, -0.25) is 0 Å². The first-order chi connectivity index (χ1) is 15.1. The Morgan fingerprint density at radius 3 is 2.45 bits per heavy atom. The van der Waals surface area contributed by atoms with Crippen molar-refractivity contribution < 1.29 is 9.47 Å². The van der Waals surface area contributed by atoms with Crippen molar-refractivity contribution in [3.63, 3.8) is 0 Å². The lowest BCUT2D eigenvalue weighted by molar-refractivity contribution is 0.288. The maximum Gasteiger partial charge on any atom is 0.212 e. The van der Waals surface area contributed by atoms with Crippen molar-refractivity contribution >= 4 is 29.6 Å². The maximum absolute atomic E-state index is 5.98. The van der Waals surface area contributed by atoms with Crippen molar-refractivity contribution in [2.24, 2.45) is 5.10 Å². The van der Waals surface area contributed by atoms with Crippen molar-refractivity contribution in [1.82, 2.24) is 14.9 Å². The first-order valence-electron chi connectivity index (χ1n) is 10.4. The first-order valence-corrected chi connectivity index (χ1v) is 11.8. The summed E-state index contributed by atoms with van der Waals surface area (Å²) in [7, 11) is 0. The predicted molar refractivity (Wildman–Crippen MR) is 127 cm³/mol. The van der Waals surface area contributed by atoms with Gasteiger partial charge in [0.25, 0.3) is 0 Å². The van der Waals surface area contributed by atoms with Crippen molar-refractivity contribution in [2.75, 3.05) is 13.2 Å². The molecule has 0 aliphatic heterocycles. The van der Waals surface area contributed by atoms with Gasteiger partial charge in [0.15, 0.2) is 17.3 Å². The monoisotopic (exact) mass is 458 g/mol. The smallest absolute Gasteiger partial charge is 0.212 e. The summed E-state index contributed by atoms with van der Waals surface area (Å²) in [6, 6.07) is 13.6. The zero-order valence-electron chi connectivity index (χ0n) is 18.0. The molecule has 1 aromatic heterocycles. The second-order valence-electron chi connectivity index (χ2n) is 6.69. The summed E-state index contributed by atoms with van der Waals surface area (Å²) in [6.45, 7) is 7.18. The highest BCUT2D eigenvalue weighted by Crippen LogP contribution is 2.28. The number of nitrogens with zero attached hydrogens (tertiary/aromatic N) is 4. The minimum Gasteiger partial charge on any atom is -0.490 e. The Morgan fingerprint density at radius 1 is 1.00 bits per heavy atom. The van der Waals surface area contributed by atoms with Crippen LogP contribution in [0.3, 0.4) is 0 Å². The van der Waals surface area contributed by atoms with E-state index in [0.29, 0.717) is 19.0 Å². The summed E-state index contributed by atoms with van der Waals surface area (Å²) in [5.41, 5.74) is 2.08. The highest BCUT2D eigenvalue weighted by atomic mass is 35.5. The average Bonchev–Trinajstić information content (AvgIpc) is 3.15. The lowest BCUT2D eigenvalue weighted by atomic mass is 10.2. The maximum atomic E-state index is 5.98. The van der Waals surface area contributed by atoms with Crippen LogP contribution in [-0.4, -0.2) is 34.3 Å². The molecule has 0 radical (unpaired) electrons. The largest absolute Gasteiger partial charge is 0.490 e. The van der Waals surface area contributed by atoms with E-state index in [4.69, 9.17) is 21.1 Å². The molecule has 1 heterocycles. The summed E-state index contributed by atoms with van der Waals surface area (Å²) in [4.78, 5) is 0. The first kappa shape index (κ1) is 23.2. The molecule has 0 saturated heterocycles. The molecule has 0 atom stereocenters. The summed E-state index contributed by atoms with van der Waals surface area (Å²) in [5, 5.41) is 14.9. The number of aryl methyl sites for hydroxylation is 1. The Kier molecular flexibility index (Phi) is 8.79. The van der Waals surface area contributed by atoms with E-state index in [9.17, 15) is 0 Å². The van der Waals surface area contributed by atoms with Crippen molar-refractivity contribution in [3.8, 4) is 11.5 Å². The summed E-state index contributed by atoms with van der Waals surface area (Å²) in [5.74, 6) is 3.04. The van der Waals surface area contributed by atoms with E-state index in [1.807, 2.05) is 61.0 Å². The van der Waals surface area contributed by atoms with E-state index in [0.717, 1.165) is 51.5 Å². The molecule has 2 aromatic carbocycles. The van der Waals surface area contributed by atoms with Crippen molar-refractivity contribution in [1.29, 1.82) is 0 Å². The van der Waals surface area contributed by atoms with Gasteiger partial charge in [0.05, 0.1) is 19.4 Å². The standard InChI is InChI=1S/C23H27ClN4O2S/c1-4-7-22-26-27-23(31-16-17-8-11-19(24)12-9-17)28(22)25-15-18-10-13-20(29-5-2)21(14-18)30-6-3/h8-15H,4-7,16H2,1-3H3/b25-15+. The van der Waals surface area contributed by atoms with Gasteiger partial charge in [0.2, 0.25) is 5.16 Å².